The number of piperidine rings is 1. The van der Waals surface area contributed by atoms with Gasteiger partial charge >= 0.3 is 0 Å². The van der Waals surface area contributed by atoms with Crippen molar-refractivity contribution in [3.05, 3.63) is 53.1 Å². The number of methoxy groups -OCH3 is 1. The van der Waals surface area contributed by atoms with Gasteiger partial charge in [-0.3, -0.25) is 4.90 Å². The van der Waals surface area contributed by atoms with Crippen molar-refractivity contribution < 1.29 is 4.74 Å². The quantitative estimate of drug-likeness (QED) is 0.719. The molecule has 2 heterocycles. The number of thiocarbonyl (C=S) groups is 1. The maximum absolute atomic E-state index is 5.72. The summed E-state index contributed by atoms with van der Waals surface area (Å²) in [5.74, 6) is 1.62. The summed E-state index contributed by atoms with van der Waals surface area (Å²) in [7, 11) is 3.96. The van der Waals surface area contributed by atoms with Crippen molar-refractivity contribution in [2.75, 3.05) is 57.1 Å². The number of piperazine rings is 1. The molecule has 3 aliphatic rings. The lowest BCUT2D eigenvalue weighted by Crippen LogP contribution is -2.50. The fraction of sp³-hybridized carbons (Fsp3) is 0.480. The van der Waals surface area contributed by atoms with E-state index >= 15 is 0 Å². The number of likely N-dealkylation sites (tertiary alicyclic amines) is 1. The molecular weight excluding hydrogens is 404 g/mol. The van der Waals surface area contributed by atoms with E-state index in [2.05, 4.69) is 52.2 Å². The van der Waals surface area contributed by atoms with Crippen LogP contribution in [0.25, 0.3) is 0 Å². The van der Waals surface area contributed by atoms with E-state index in [-0.39, 0.29) is 0 Å². The van der Waals surface area contributed by atoms with Crippen LogP contribution in [0.15, 0.2) is 36.4 Å². The Morgan fingerprint density at radius 3 is 2.58 bits per heavy atom. The summed E-state index contributed by atoms with van der Waals surface area (Å²) in [5.41, 5.74) is 6.71. The number of aryl methyl sites for hydroxylation is 1. The number of ether oxygens (including phenoxy) is 1. The van der Waals surface area contributed by atoms with Gasteiger partial charge in [-0.05, 0) is 98.5 Å². The summed E-state index contributed by atoms with van der Waals surface area (Å²) >= 11 is 5.72. The van der Waals surface area contributed by atoms with Crippen LogP contribution >= 0.6 is 12.2 Å². The minimum absolute atomic E-state index is 0.629. The van der Waals surface area contributed by atoms with Gasteiger partial charge in [-0.1, -0.05) is 6.07 Å². The summed E-state index contributed by atoms with van der Waals surface area (Å²) in [6, 6.07) is 13.9. The van der Waals surface area contributed by atoms with Gasteiger partial charge in [0.2, 0.25) is 0 Å². The predicted molar refractivity (Wildman–Crippen MR) is 132 cm³/mol. The van der Waals surface area contributed by atoms with E-state index in [1.54, 1.807) is 18.2 Å². The lowest BCUT2D eigenvalue weighted by atomic mass is 9.95. The van der Waals surface area contributed by atoms with Gasteiger partial charge < -0.3 is 19.9 Å². The van der Waals surface area contributed by atoms with Crippen LogP contribution in [0.3, 0.4) is 0 Å². The average molecular weight is 437 g/mol. The first-order valence-electron chi connectivity index (χ1n) is 11.3. The first-order valence-corrected chi connectivity index (χ1v) is 11.7. The number of hydrogen-bond acceptors (Lipinski definition) is 4. The first kappa shape index (κ1) is 20.6. The molecule has 1 aliphatic carbocycles. The van der Waals surface area contributed by atoms with Crippen molar-refractivity contribution in [2.45, 2.75) is 31.7 Å². The fourth-order valence-electron chi connectivity index (χ4n) is 5.41. The number of fused-ring (bicyclic) bond motifs is 5. The number of nitrogens with one attached hydrogen (secondary N) is 1. The third-order valence-corrected chi connectivity index (χ3v) is 7.71. The molecule has 2 saturated heterocycles. The lowest BCUT2D eigenvalue weighted by Gasteiger charge is -2.37. The van der Waals surface area contributed by atoms with E-state index in [0.29, 0.717) is 6.04 Å². The topological polar surface area (TPSA) is 31.0 Å². The van der Waals surface area contributed by atoms with Gasteiger partial charge in [-0.2, -0.15) is 0 Å². The predicted octanol–water partition coefficient (Wildman–Crippen LogP) is 4.39. The van der Waals surface area contributed by atoms with E-state index in [1.807, 2.05) is 18.2 Å². The van der Waals surface area contributed by atoms with E-state index in [9.17, 15) is 0 Å². The Labute approximate surface area is 191 Å². The molecule has 0 amide bonds. The van der Waals surface area contributed by atoms with Gasteiger partial charge in [-0.25, -0.2) is 0 Å². The number of nitrogens with zero attached hydrogens (tertiary/aromatic N) is 3. The summed E-state index contributed by atoms with van der Waals surface area (Å²) in [6.07, 6.45) is 2.59. The van der Waals surface area contributed by atoms with Gasteiger partial charge in [-0.15, -0.1) is 0 Å². The smallest absolute Gasteiger partial charge is 0.173 e. The van der Waals surface area contributed by atoms with Crippen LogP contribution in [0, 0.1) is 6.92 Å². The summed E-state index contributed by atoms with van der Waals surface area (Å²) < 4.78 is 5.30. The minimum atomic E-state index is 0.629. The molecular formula is C25H32N4OS. The normalized spacial score (nSPS) is 22.9. The fourth-order valence-corrected chi connectivity index (χ4v) is 5.70. The molecule has 0 radical (unpaired) electrons. The zero-order valence-electron chi connectivity index (χ0n) is 18.7. The highest BCUT2D eigenvalue weighted by Gasteiger charge is 2.37. The number of hydrogen-bond donors (Lipinski definition) is 1. The Balaban J connectivity index is 1.22. The van der Waals surface area contributed by atoms with Gasteiger partial charge in [0.05, 0.1) is 7.11 Å². The van der Waals surface area contributed by atoms with Gasteiger partial charge in [0, 0.05) is 43.6 Å². The second-order valence-electron chi connectivity index (χ2n) is 9.12. The Morgan fingerprint density at radius 1 is 1.03 bits per heavy atom. The third-order valence-electron chi connectivity index (χ3n) is 7.35. The Kier molecular flexibility index (Phi) is 5.52. The Morgan fingerprint density at radius 2 is 1.84 bits per heavy atom. The van der Waals surface area contributed by atoms with Crippen LogP contribution in [-0.4, -0.2) is 61.8 Å². The molecule has 2 atom stereocenters. The molecule has 2 aliphatic heterocycles. The van der Waals surface area contributed by atoms with Crippen molar-refractivity contribution in [1.29, 1.82) is 0 Å². The molecule has 0 aromatic heterocycles. The monoisotopic (exact) mass is 436 g/mol. The van der Waals surface area contributed by atoms with E-state index in [0.717, 1.165) is 54.2 Å². The maximum atomic E-state index is 5.72. The molecule has 31 heavy (non-hydrogen) atoms. The van der Waals surface area contributed by atoms with E-state index in [1.165, 1.54) is 25.1 Å². The molecule has 2 aromatic rings. The van der Waals surface area contributed by atoms with Crippen molar-refractivity contribution in [3.8, 4) is 5.75 Å². The molecule has 5 rings (SSSR count). The van der Waals surface area contributed by atoms with Crippen LogP contribution in [-0.2, 0) is 0 Å². The molecule has 0 saturated carbocycles. The molecule has 1 N–H and O–H groups in total. The first-order chi connectivity index (χ1) is 15.0. The number of anilines is 2. The van der Waals surface area contributed by atoms with Crippen molar-refractivity contribution in [3.63, 3.8) is 0 Å². The molecule has 0 unspecified atom stereocenters. The summed E-state index contributed by atoms with van der Waals surface area (Å²) in [6.45, 7) is 7.16. The second-order valence-corrected chi connectivity index (χ2v) is 9.50. The highest BCUT2D eigenvalue weighted by molar-refractivity contribution is 7.80. The Hall–Kier alpha value is -2.31. The molecule has 164 valence electrons. The minimum Gasteiger partial charge on any atom is -0.497 e. The summed E-state index contributed by atoms with van der Waals surface area (Å²) in [5, 5.41) is 4.23. The average Bonchev–Trinajstić information content (AvgIpc) is 3.11. The third kappa shape index (κ3) is 3.87. The molecule has 2 bridgehead atoms. The van der Waals surface area contributed by atoms with Crippen LogP contribution in [0.5, 0.6) is 5.75 Å². The number of rotatable bonds is 3. The van der Waals surface area contributed by atoms with Crippen LogP contribution in [0.2, 0.25) is 0 Å². The van der Waals surface area contributed by atoms with E-state index < -0.39 is 0 Å². The van der Waals surface area contributed by atoms with Crippen LogP contribution in [0.1, 0.15) is 41.5 Å². The highest BCUT2D eigenvalue weighted by Crippen LogP contribution is 2.49. The van der Waals surface area contributed by atoms with Gasteiger partial charge in [0.25, 0.3) is 0 Å². The standard InChI is InChI=1S/C25H32N4OS/c1-17-14-20(30-3)5-7-23(17)26-25(31)29-12-10-28(11-13-29)19-4-6-21-22(16-19)18-8-9-27(2)24(21)15-18/h4-7,14,16,18,24H,8-13,15H2,1-3H3,(H,26,31)/t18-,24+/m1/s1. The van der Waals surface area contributed by atoms with Crippen LogP contribution < -0.4 is 15.0 Å². The van der Waals surface area contributed by atoms with E-state index in [4.69, 9.17) is 17.0 Å². The van der Waals surface area contributed by atoms with Gasteiger partial charge in [0.1, 0.15) is 5.75 Å². The van der Waals surface area contributed by atoms with Crippen molar-refractivity contribution in [2.24, 2.45) is 0 Å². The maximum Gasteiger partial charge on any atom is 0.173 e. The molecule has 2 aromatic carbocycles. The Bertz CT molecular complexity index is 985. The zero-order valence-corrected chi connectivity index (χ0v) is 19.5. The van der Waals surface area contributed by atoms with Gasteiger partial charge in [0.15, 0.2) is 5.11 Å². The molecule has 0 spiro atoms. The van der Waals surface area contributed by atoms with Crippen LogP contribution in [0.4, 0.5) is 11.4 Å². The SMILES string of the molecule is COc1ccc(NC(=S)N2CCN(c3ccc4c(c3)[C@@H]3CCN(C)[C@H]4C3)CC2)c(C)c1. The molecule has 2 fully saturated rings. The lowest BCUT2D eigenvalue weighted by molar-refractivity contribution is 0.192. The summed E-state index contributed by atoms with van der Waals surface area (Å²) in [4.78, 5) is 7.33. The largest absolute Gasteiger partial charge is 0.497 e. The zero-order chi connectivity index (χ0) is 21.5. The highest BCUT2D eigenvalue weighted by atomic mass is 32.1. The molecule has 5 nitrogen and oxygen atoms in total. The molecule has 6 heteroatoms. The second kappa shape index (κ2) is 8.32. The van der Waals surface area contributed by atoms with Crippen molar-refractivity contribution >= 4 is 28.7 Å². The van der Waals surface area contributed by atoms with Crippen molar-refractivity contribution in [1.82, 2.24) is 9.80 Å². The number of benzene rings is 2.